The summed E-state index contributed by atoms with van der Waals surface area (Å²) in [6, 6.07) is 0. The van der Waals surface area contributed by atoms with Crippen LogP contribution in [0.3, 0.4) is 0 Å². The zero-order valence-electron chi connectivity index (χ0n) is 5.48. The van der Waals surface area contributed by atoms with Crippen molar-refractivity contribution in [2.45, 2.75) is 25.5 Å². The number of hydrogen-bond acceptors (Lipinski definition) is 1. The van der Waals surface area contributed by atoms with Crippen molar-refractivity contribution in [3.63, 3.8) is 0 Å². The average Bonchev–Trinajstić information content (AvgIpc) is 1.90. The van der Waals surface area contributed by atoms with Gasteiger partial charge in [0.2, 0.25) is 0 Å². The molecule has 1 saturated heterocycles. The first kappa shape index (κ1) is 6.15. The van der Waals surface area contributed by atoms with Crippen molar-refractivity contribution in [2.75, 3.05) is 13.1 Å². The van der Waals surface area contributed by atoms with Crippen LogP contribution >= 0.6 is 0 Å². The van der Waals surface area contributed by atoms with Gasteiger partial charge in [0.1, 0.15) is 7.28 Å². The molecule has 2 heteroatoms. The van der Waals surface area contributed by atoms with E-state index < -0.39 is 0 Å². The Morgan fingerprint density at radius 1 is 1.38 bits per heavy atom. The fourth-order valence-electron chi connectivity index (χ4n) is 1.18. The molecule has 1 heterocycles. The number of rotatable bonds is 1. The number of hydrogen-bond donors (Lipinski definition) is 1. The molecule has 0 unspecified atom stereocenters. The van der Waals surface area contributed by atoms with Crippen molar-refractivity contribution < 1.29 is 0 Å². The quantitative estimate of drug-likeness (QED) is 0.494. The molecule has 8 heavy (non-hydrogen) atoms. The Morgan fingerprint density at radius 3 is 2.38 bits per heavy atom. The van der Waals surface area contributed by atoms with E-state index in [-0.39, 0.29) is 0 Å². The molecule has 0 atom stereocenters. The first-order chi connectivity index (χ1) is 3.93. The maximum absolute atomic E-state index is 3.33. The largest absolute Gasteiger partial charge is 0.317 e. The Balaban J connectivity index is 2.13. The predicted molar refractivity (Wildman–Crippen MR) is 37.5 cm³/mol. The van der Waals surface area contributed by atoms with Crippen LogP contribution in [0.2, 0.25) is 12.6 Å². The molecule has 0 spiro atoms. The van der Waals surface area contributed by atoms with Crippen LogP contribution in [0.5, 0.6) is 0 Å². The highest BCUT2D eigenvalue weighted by Gasteiger charge is 2.09. The van der Waals surface area contributed by atoms with Gasteiger partial charge in [-0.05, 0) is 25.9 Å². The van der Waals surface area contributed by atoms with Gasteiger partial charge in [-0.25, -0.2) is 0 Å². The van der Waals surface area contributed by atoms with Gasteiger partial charge in [0.15, 0.2) is 0 Å². The summed E-state index contributed by atoms with van der Waals surface area (Å²) in [6.07, 6.45) is 2.69. The molecule has 0 aromatic heterocycles. The van der Waals surface area contributed by atoms with Crippen LogP contribution in [0, 0.1) is 0 Å². The molecule has 45 valence electrons. The van der Waals surface area contributed by atoms with Crippen LogP contribution in [-0.4, -0.2) is 20.4 Å². The summed E-state index contributed by atoms with van der Waals surface area (Å²) in [5.41, 5.74) is 0. The minimum absolute atomic E-state index is 0.899. The summed E-state index contributed by atoms with van der Waals surface area (Å²) >= 11 is 0. The predicted octanol–water partition coefficient (Wildman–Crippen LogP) is 0.911. The number of piperidine rings is 1. The third kappa shape index (κ3) is 1.51. The maximum atomic E-state index is 3.33. The smallest absolute Gasteiger partial charge is 0.110 e. The van der Waals surface area contributed by atoms with Crippen LogP contribution in [0.25, 0.3) is 0 Å². The summed E-state index contributed by atoms with van der Waals surface area (Å²) < 4.78 is 0. The van der Waals surface area contributed by atoms with Crippen molar-refractivity contribution in [3.8, 4) is 0 Å². The Hall–Kier alpha value is 0.0249. The van der Waals surface area contributed by atoms with E-state index in [2.05, 4.69) is 19.4 Å². The van der Waals surface area contributed by atoms with Gasteiger partial charge in [-0.3, -0.25) is 0 Å². The highest BCUT2D eigenvalue weighted by molar-refractivity contribution is 6.35. The lowest BCUT2D eigenvalue weighted by molar-refractivity contribution is 0.517. The molecule has 0 saturated carbocycles. The maximum Gasteiger partial charge on any atom is 0.110 e. The molecule has 0 bridgehead atoms. The molecule has 0 aromatic rings. The first-order valence-corrected chi connectivity index (χ1v) is 3.43. The molecule has 1 N–H and O–H groups in total. The standard InChI is InChI=1S/C6H13BN/c1-7-6-2-4-8-5-3-6/h6,8H,2-5H2,1H3. The molecule has 1 fully saturated rings. The van der Waals surface area contributed by atoms with E-state index in [9.17, 15) is 0 Å². The average molecular weight is 110 g/mol. The lowest BCUT2D eigenvalue weighted by Gasteiger charge is -2.19. The van der Waals surface area contributed by atoms with E-state index in [0.717, 1.165) is 5.82 Å². The van der Waals surface area contributed by atoms with Gasteiger partial charge in [0.05, 0.1) is 0 Å². The van der Waals surface area contributed by atoms with Gasteiger partial charge in [-0.1, -0.05) is 12.6 Å². The van der Waals surface area contributed by atoms with Crippen molar-refractivity contribution in [1.29, 1.82) is 0 Å². The monoisotopic (exact) mass is 110 g/mol. The molecule has 0 aromatic carbocycles. The Bertz CT molecular complexity index is 59.5. The summed E-state index contributed by atoms with van der Waals surface area (Å²) in [5.74, 6) is 0.899. The summed E-state index contributed by atoms with van der Waals surface area (Å²) in [7, 11) is 2.32. The molecule has 1 rings (SSSR count). The van der Waals surface area contributed by atoms with Crippen LogP contribution in [0.15, 0.2) is 0 Å². The van der Waals surface area contributed by atoms with Crippen LogP contribution < -0.4 is 5.32 Å². The fourth-order valence-corrected chi connectivity index (χ4v) is 1.18. The van der Waals surface area contributed by atoms with Crippen LogP contribution in [0.4, 0.5) is 0 Å². The van der Waals surface area contributed by atoms with Crippen molar-refractivity contribution >= 4 is 7.28 Å². The third-order valence-electron chi connectivity index (χ3n) is 1.86. The van der Waals surface area contributed by atoms with Crippen molar-refractivity contribution in [1.82, 2.24) is 5.32 Å². The lowest BCUT2D eigenvalue weighted by atomic mass is 9.63. The molecular formula is C6H13BN. The normalized spacial score (nSPS) is 23.1. The first-order valence-electron chi connectivity index (χ1n) is 3.43. The Labute approximate surface area is 52.1 Å². The van der Waals surface area contributed by atoms with Gasteiger partial charge >= 0.3 is 0 Å². The minimum Gasteiger partial charge on any atom is -0.317 e. The molecule has 0 amide bonds. The van der Waals surface area contributed by atoms with Crippen LogP contribution in [-0.2, 0) is 0 Å². The SMILES string of the molecule is C[B]C1CCNCC1. The second kappa shape index (κ2) is 3.13. The Morgan fingerprint density at radius 2 is 2.00 bits per heavy atom. The molecule has 0 aliphatic carbocycles. The Kier molecular flexibility index (Phi) is 2.41. The molecule has 1 radical (unpaired) electrons. The summed E-state index contributed by atoms with van der Waals surface area (Å²) in [4.78, 5) is 0. The highest BCUT2D eigenvalue weighted by atomic mass is 14.9. The zero-order chi connectivity index (χ0) is 5.82. The molecular weight excluding hydrogens is 96.9 g/mol. The van der Waals surface area contributed by atoms with Crippen molar-refractivity contribution in [2.24, 2.45) is 0 Å². The minimum atomic E-state index is 0.899. The molecule has 1 nitrogen and oxygen atoms in total. The summed E-state index contributed by atoms with van der Waals surface area (Å²) in [6.45, 7) is 4.60. The van der Waals surface area contributed by atoms with E-state index in [1.165, 1.54) is 25.9 Å². The van der Waals surface area contributed by atoms with Gasteiger partial charge < -0.3 is 5.32 Å². The van der Waals surface area contributed by atoms with E-state index in [1.54, 1.807) is 0 Å². The fraction of sp³-hybridized carbons (Fsp3) is 1.00. The van der Waals surface area contributed by atoms with Gasteiger partial charge in [-0.15, -0.1) is 0 Å². The van der Waals surface area contributed by atoms with Gasteiger partial charge in [-0.2, -0.15) is 0 Å². The second-order valence-electron chi connectivity index (χ2n) is 2.42. The van der Waals surface area contributed by atoms with Gasteiger partial charge in [0, 0.05) is 0 Å². The van der Waals surface area contributed by atoms with Crippen LogP contribution in [0.1, 0.15) is 12.8 Å². The summed E-state index contributed by atoms with van der Waals surface area (Å²) in [5, 5.41) is 3.33. The molecule has 1 aliphatic rings. The second-order valence-corrected chi connectivity index (χ2v) is 2.42. The van der Waals surface area contributed by atoms with E-state index in [0.29, 0.717) is 0 Å². The van der Waals surface area contributed by atoms with Gasteiger partial charge in [0.25, 0.3) is 0 Å². The lowest BCUT2D eigenvalue weighted by Crippen LogP contribution is -2.26. The highest BCUT2D eigenvalue weighted by Crippen LogP contribution is 2.15. The zero-order valence-corrected chi connectivity index (χ0v) is 5.48. The van der Waals surface area contributed by atoms with E-state index >= 15 is 0 Å². The van der Waals surface area contributed by atoms with E-state index in [4.69, 9.17) is 0 Å². The third-order valence-corrected chi connectivity index (χ3v) is 1.86. The number of nitrogens with one attached hydrogen (secondary N) is 1. The van der Waals surface area contributed by atoms with Crippen molar-refractivity contribution in [3.05, 3.63) is 0 Å². The molecule has 1 aliphatic heterocycles. The topological polar surface area (TPSA) is 12.0 Å². The van der Waals surface area contributed by atoms with E-state index in [1.807, 2.05) is 0 Å².